The number of fused-ring (bicyclic) bond motifs is 1. The fourth-order valence-electron chi connectivity index (χ4n) is 2.82. The Kier molecular flexibility index (Phi) is 3.95. The Balaban J connectivity index is 1.78. The zero-order valence-corrected chi connectivity index (χ0v) is 11.9. The topological polar surface area (TPSA) is 29.5 Å². The molecule has 2 unspecified atom stereocenters. The van der Waals surface area contributed by atoms with Crippen molar-refractivity contribution in [2.75, 3.05) is 13.2 Å². The number of aliphatic hydroxyl groups is 1. The Hall–Kier alpha value is -1.51. The third kappa shape index (κ3) is 2.67. The van der Waals surface area contributed by atoms with Gasteiger partial charge in [-0.15, -0.1) is 0 Å². The standard InChI is InChI=1S/C17H17ClO2/c18-15-7-5-12(6-8-15)13(10-19)9-14-11-20-17-4-2-1-3-16(14)17/h1-8,13-14,19H,9-11H2. The first-order valence-electron chi connectivity index (χ1n) is 6.86. The van der Waals surface area contributed by atoms with Crippen molar-refractivity contribution in [1.82, 2.24) is 0 Å². The highest BCUT2D eigenvalue weighted by Crippen LogP contribution is 2.39. The van der Waals surface area contributed by atoms with Gasteiger partial charge in [-0.2, -0.15) is 0 Å². The number of para-hydroxylation sites is 1. The van der Waals surface area contributed by atoms with Crippen LogP contribution in [0.4, 0.5) is 0 Å². The van der Waals surface area contributed by atoms with Gasteiger partial charge in [0.15, 0.2) is 0 Å². The summed E-state index contributed by atoms with van der Waals surface area (Å²) in [5, 5.41) is 10.4. The van der Waals surface area contributed by atoms with Crippen LogP contribution in [0.2, 0.25) is 5.02 Å². The molecule has 0 saturated heterocycles. The van der Waals surface area contributed by atoms with Crippen molar-refractivity contribution in [2.24, 2.45) is 0 Å². The van der Waals surface area contributed by atoms with Gasteiger partial charge in [0, 0.05) is 29.0 Å². The second-order valence-electron chi connectivity index (χ2n) is 5.21. The lowest BCUT2D eigenvalue weighted by Gasteiger charge is -2.18. The summed E-state index contributed by atoms with van der Waals surface area (Å²) in [6.45, 7) is 0.837. The number of benzene rings is 2. The summed E-state index contributed by atoms with van der Waals surface area (Å²) in [7, 11) is 0. The van der Waals surface area contributed by atoms with Gasteiger partial charge in [0.2, 0.25) is 0 Å². The van der Waals surface area contributed by atoms with Crippen molar-refractivity contribution in [3.8, 4) is 5.75 Å². The molecule has 2 nitrogen and oxygen atoms in total. The number of rotatable bonds is 4. The van der Waals surface area contributed by atoms with E-state index in [9.17, 15) is 5.11 Å². The van der Waals surface area contributed by atoms with Gasteiger partial charge in [0.25, 0.3) is 0 Å². The molecule has 1 aliphatic heterocycles. The average Bonchev–Trinajstić information content (AvgIpc) is 2.89. The van der Waals surface area contributed by atoms with Crippen LogP contribution in [0.3, 0.4) is 0 Å². The minimum atomic E-state index is 0.118. The quantitative estimate of drug-likeness (QED) is 0.922. The van der Waals surface area contributed by atoms with Crippen LogP contribution < -0.4 is 4.74 Å². The molecule has 2 aromatic rings. The summed E-state index contributed by atoms with van der Waals surface area (Å²) in [5.74, 6) is 1.44. The molecule has 0 radical (unpaired) electrons. The Bertz CT molecular complexity index is 580. The van der Waals surface area contributed by atoms with E-state index in [1.54, 1.807) is 0 Å². The van der Waals surface area contributed by atoms with Crippen molar-refractivity contribution in [2.45, 2.75) is 18.3 Å². The zero-order valence-electron chi connectivity index (χ0n) is 11.1. The minimum absolute atomic E-state index is 0.118. The molecular weight excluding hydrogens is 272 g/mol. The number of aliphatic hydroxyl groups excluding tert-OH is 1. The predicted octanol–water partition coefficient (Wildman–Crippen LogP) is 3.98. The first-order chi connectivity index (χ1) is 9.78. The zero-order chi connectivity index (χ0) is 13.9. The molecule has 1 aliphatic rings. The molecule has 0 amide bonds. The van der Waals surface area contributed by atoms with Crippen molar-refractivity contribution in [3.05, 3.63) is 64.7 Å². The summed E-state index contributed by atoms with van der Waals surface area (Å²) in [5.41, 5.74) is 2.38. The maximum absolute atomic E-state index is 9.68. The van der Waals surface area contributed by atoms with E-state index in [0.29, 0.717) is 12.5 Å². The molecule has 3 rings (SSSR count). The molecule has 1 heterocycles. The number of hydrogen-bond donors (Lipinski definition) is 1. The van der Waals surface area contributed by atoms with Gasteiger partial charge in [-0.25, -0.2) is 0 Å². The van der Waals surface area contributed by atoms with Crippen molar-refractivity contribution in [3.63, 3.8) is 0 Å². The molecule has 0 aromatic heterocycles. The lowest BCUT2D eigenvalue weighted by molar-refractivity contribution is 0.243. The fraction of sp³-hybridized carbons (Fsp3) is 0.294. The summed E-state index contributed by atoms with van der Waals surface area (Å²) in [4.78, 5) is 0. The first-order valence-corrected chi connectivity index (χ1v) is 7.24. The molecule has 3 heteroatoms. The molecule has 0 spiro atoms. The van der Waals surface area contributed by atoms with Gasteiger partial charge < -0.3 is 9.84 Å². The monoisotopic (exact) mass is 288 g/mol. The van der Waals surface area contributed by atoms with Gasteiger partial charge in [-0.05, 0) is 30.2 Å². The molecule has 2 atom stereocenters. The summed E-state index contributed by atoms with van der Waals surface area (Å²) in [6.07, 6.45) is 0.884. The predicted molar refractivity (Wildman–Crippen MR) is 80.6 cm³/mol. The Labute approximate surface area is 124 Å². The summed E-state index contributed by atoms with van der Waals surface area (Å²) in [6, 6.07) is 15.9. The lowest BCUT2D eigenvalue weighted by atomic mass is 9.86. The van der Waals surface area contributed by atoms with E-state index in [0.717, 1.165) is 22.8 Å². The van der Waals surface area contributed by atoms with Crippen LogP contribution in [0, 0.1) is 0 Å². The van der Waals surface area contributed by atoms with E-state index < -0.39 is 0 Å². The maximum atomic E-state index is 9.68. The average molecular weight is 289 g/mol. The summed E-state index contributed by atoms with van der Waals surface area (Å²) >= 11 is 5.91. The van der Waals surface area contributed by atoms with Crippen LogP contribution in [-0.4, -0.2) is 18.3 Å². The smallest absolute Gasteiger partial charge is 0.122 e. The van der Waals surface area contributed by atoms with Gasteiger partial charge in [-0.3, -0.25) is 0 Å². The molecule has 104 valence electrons. The highest BCUT2D eigenvalue weighted by molar-refractivity contribution is 6.30. The lowest BCUT2D eigenvalue weighted by Crippen LogP contribution is -2.11. The van der Waals surface area contributed by atoms with E-state index in [-0.39, 0.29) is 12.5 Å². The van der Waals surface area contributed by atoms with Crippen LogP contribution >= 0.6 is 11.6 Å². The minimum Gasteiger partial charge on any atom is -0.493 e. The van der Waals surface area contributed by atoms with Crippen LogP contribution in [0.5, 0.6) is 5.75 Å². The number of ether oxygens (including phenoxy) is 1. The first kappa shape index (κ1) is 13.5. The van der Waals surface area contributed by atoms with Gasteiger partial charge in [-0.1, -0.05) is 41.9 Å². The van der Waals surface area contributed by atoms with Crippen LogP contribution in [0.1, 0.15) is 29.4 Å². The van der Waals surface area contributed by atoms with Gasteiger partial charge in [0.05, 0.1) is 6.61 Å². The van der Waals surface area contributed by atoms with E-state index in [1.165, 1.54) is 5.56 Å². The van der Waals surface area contributed by atoms with Crippen LogP contribution in [-0.2, 0) is 0 Å². The summed E-state index contributed by atoms with van der Waals surface area (Å²) < 4.78 is 5.71. The van der Waals surface area contributed by atoms with Crippen LogP contribution in [0.25, 0.3) is 0 Å². The van der Waals surface area contributed by atoms with Crippen molar-refractivity contribution in [1.29, 1.82) is 0 Å². The number of hydrogen-bond acceptors (Lipinski definition) is 2. The molecular formula is C17H17ClO2. The van der Waals surface area contributed by atoms with Crippen molar-refractivity contribution >= 4 is 11.6 Å². The Morgan fingerprint density at radius 3 is 2.65 bits per heavy atom. The molecule has 0 fully saturated rings. The normalized spacial score (nSPS) is 18.4. The SMILES string of the molecule is OCC(CC1COc2ccccc21)c1ccc(Cl)cc1. The molecule has 0 saturated carbocycles. The van der Waals surface area contributed by atoms with E-state index in [2.05, 4.69) is 6.07 Å². The van der Waals surface area contributed by atoms with E-state index in [4.69, 9.17) is 16.3 Å². The number of halogens is 1. The Morgan fingerprint density at radius 1 is 1.15 bits per heavy atom. The van der Waals surface area contributed by atoms with Crippen molar-refractivity contribution < 1.29 is 9.84 Å². The van der Waals surface area contributed by atoms with Gasteiger partial charge >= 0.3 is 0 Å². The highest BCUT2D eigenvalue weighted by atomic mass is 35.5. The third-order valence-corrected chi connectivity index (χ3v) is 4.18. The molecule has 20 heavy (non-hydrogen) atoms. The molecule has 1 N–H and O–H groups in total. The highest BCUT2D eigenvalue weighted by Gasteiger charge is 2.26. The largest absolute Gasteiger partial charge is 0.493 e. The van der Waals surface area contributed by atoms with E-state index in [1.807, 2.05) is 42.5 Å². The fourth-order valence-corrected chi connectivity index (χ4v) is 2.94. The van der Waals surface area contributed by atoms with E-state index >= 15 is 0 Å². The maximum Gasteiger partial charge on any atom is 0.122 e. The van der Waals surface area contributed by atoms with Crippen LogP contribution in [0.15, 0.2) is 48.5 Å². The third-order valence-electron chi connectivity index (χ3n) is 3.93. The second-order valence-corrected chi connectivity index (χ2v) is 5.65. The molecule has 0 aliphatic carbocycles. The Morgan fingerprint density at radius 2 is 1.90 bits per heavy atom. The molecule has 0 bridgehead atoms. The second kappa shape index (κ2) is 5.86. The van der Waals surface area contributed by atoms with Gasteiger partial charge in [0.1, 0.15) is 5.75 Å². The molecule has 2 aromatic carbocycles.